The second-order valence-electron chi connectivity index (χ2n) is 10.6. The lowest BCUT2D eigenvalue weighted by Crippen LogP contribution is -2.50. The first kappa shape index (κ1) is 26.0. The van der Waals surface area contributed by atoms with Crippen molar-refractivity contribution in [1.82, 2.24) is 9.80 Å². The first-order valence-corrected chi connectivity index (χ1v) is 12.8. The minimum absolute atomic E-state index is 0.0236. The molecule has 1 aromatic carbocycles. The number of amides is 2. The van der Waals surface area contributed by atoms with Crippen LogP contribution in [0.4, 0.5) is 8.78 Å². The second-order valence-corrected chi connectivity index (χ2v) is 10.6. The predicted octanol–water partition coefficient (Wildman–Crippen LogP) is 2.50. The van der Waals surface area contributed by atoms with Gasteiger partial charge in [0, 0.05) is 50.1 Å². The highest BCUT2D eigenvalue weighted by Crippen LogP contribution is 2.43. The van der Waals surface area contributed by atoms with Gasteiger partial charge in [-0.3, -0.25) is 14.5 Å². The molecular weight excluding hydrogens is 456 g/mol. The van der Waals surface area contributed by atoms with E-state index >= 15 is 0 Å². The van der Waals surface area contributed by atoms with Crippen molar-refractivity contribution >= 4 is 11.8 Å². The number of hydrogen-bond acceptors (Lipinski definition) is 5. The van der Waals surface area contributed by atoms with Gasteiger partial charge < -0.3 is 20.8 Å². The molecule has 4 N–H and O–H groups in total. The standard InChI is InChI=1S/C26H37F2N3O4/c27-26(28)8-6-17(7-9-26)15-30(25(35)23(33)16-32)10-11-31-21-4-5-22(31)14-20(13-21)18-2-1-3-19(12-18)24(29)34/h1-3,12,17,20-23,32-33H,4-11,13-16H2,(H2,29,34)/t20?,21-,22+,23-/m1/s1. The van der Waals surface area contributed by atoms with Gasteiger partial charge in [-0.2, -0.15) is 0 Å². The molecule has 7 nitrogen and oxygen atoms in total. The first-order chi connectivity index (χ1) is 16.7. The average Bonchev–Trinajstić information content (AvgIpc) is 3.08. The zero-order chi connectivity index (χ0) is 25.2. The summed E-state index contributed by atoms with van der Waals surface area (Å²) in [5, 5.41) is 19.3. The van der Waals surface area contributed by atoms with E-state index in [1.165, 1.54) is 0 Å². The first-order valence-electron chi connectivity index (χ1n) is 12.8. The molecule has 4 rings (SSSR count). The van der Waals surface area contributed by atoms with Crippen LogP contribution >= 0.6 is 0 Å². The Hall–Kier alpha value is -2.10. The molecule has 1 saturated carbocycles. The Labute approximate surface area is 205 Å². The van der Waals surface area contributed by atoms with E-state index in [9.17, 15) is 28.6 Å². The van der Waals surface area contributed by atoms with E-state index in [1.54, 1.807) is 11.0 Å². The van der Waals surface area contributed by atoms with Gasteiger partial charge in [0.2, 0.25) is 11.8 Å². The van der Waals surface area contributed by atoms with Gasteiger partial charge in [-0.25, -0.2) is 8.78 Å². The van der Waals surface area contributed by atoms with Gasteiger partial charge in [0.1, 0.15) is 0 Å². The van der Waals surface area contributed by atoms with Crippen LogP contribution < -0.4 is 5.73 Å². The van der Waals surface area contributed by atoms with Gasteiger partial charge in [0.25, 0.3) is 5.91 Å². The maximum atomic E-state index is 13.6. The minimum atomic E-state index is -2.63. The molecule has 0 aromatic heterocycles. The Bertz CT molecular complexity index is 890. The zero-order valence-corrected chi connectivity index (χ0v) is 20.1. The molecular formula is C26H37F2N3O4. The number of halogens is 2. The fourth-order valence-corrected chi connectivity index (χ4v) is 6.27. The largest absolute Gasteiger partial charge is 0.393 e. The molecule has 4 atom stereocenters. The van der Waals surface area contributed by atoms with Crippen molar-refractivity contribution < 1.29 is 28.6 Å². The van der Waals surface area contributed by atoms with Crippen LogP contribution in [0.25, 0.3) is 0 Å². The monoisotopic (exact) mass is 493 g/mol. The van der Waals surface area contributed by atoms with E-state index in [4.69, 9.17) is 5.73 Å². The topological polar surface area (TPSA) is 107 Å². The lowest BCUT2D eigenvalue weighted by Gasteiger charge is -2.41. The number of nitrogens with two attached hydrogens (primary N) is 1. The molecule has 2 saturated heterocycles. The summed E-state index contributed by atoms with van der Waals surface area (Å²) < 4.78 is 27.1. The number of primary amides is 1. The summed E-state index contributed by atoms with van der Waals surface area (Å²) in [6.07, 6.45) is 2.95. The van der Waals surface area contributed by atoms with Crippen LogP contribution in [0.2, 0.25) is 0 Å². The smallest absolute Gasteiger partial charge is 0.253 e. The van der Waals surface area contributed by atoms with Gasteiger partial charge in [-0.05, 0) is 68.1 Å². The number of fused-ring (bicyclic) bond motifs is 2. The number of piperidine rings is 1. The summed E-state index contributed by atoms with van der Waals surface area (Å²) in [6, 6.07) is 8.28. The summed E-state index contributed by atoms with van der Waals surface area (Å²) in [6.45, 7) is 0.727. The fraction of sp³-hybridized carbons (Fsp3) is 0.692. The number of rotatable bonds is 9. The summed E-state index contributed by atoms with van der Waals surface area (Å²) >= 11 is 0. The molecule has 2 bridgehead atoms. The normalized spacial score (nSPS) is 27.5. The molecule has 2 heterocycles. The van der Waals surface area contributed by atoms with Crippen molar-refractivity contribution in [2.45, 2.75) is 81.4 Å². The quantitative estimate of drug-likeness (QED) is 0.490. The third-order valence-electron chi connectivity index (χ3n) is 8.24. The van der Waals surface area contributed by atoms with Crippen molar-refractivity contribution in [2.75, 3.05) is 26.2 Å². The van der Waals surface area contributed by atoms with E-state index in [0.29, 0.717) is 56.0 Å². The minimum Gasteiger partial charge on any atom is -0.393 e. The van der Waals surface area contributed by atoms with Crippen molar-refractivity contribution in [2.24, 2.45) is 11.7 Å². The summed E-state index contributed by atoms with van der Waals surface area (Å²) in [5.74, 6) is -3.26. The van der Waals surface area contributed by atoms with Gasteiger partial charge in [-0.15, -0.1) is 0 Å². The number of nitrogens with zero attached hydrogens (tertiary/aromatic N) is 2. The molecule has 9 heteroatoms. The molecule has 3 aliphatic rings. The second kappa shape index (κ2) is 10.9. The molecule has 1 aromatic rings. The highest BCUT2D eigenvalue weighted by molar-refractivity contribution is 5.92. The lowest BCUT2D eigenvalue weighted by atomic mass is 9.84. The van der Waals surface area contributed by atoms with Crippen LogP contribution in [0.3, 0.4) is 0 Å². The van der Waals surface area contributed by atoms with Crippen molar-refractivity contribution in [3.63, 3.8) is 0 Å². The number of hydrogen-bond donors (Lipinski definition) is 3. The molecule has 0 spiro atoms. The molecule has 2 aliphatic heterocycles. The van der Waals surface area contributed by atoms with Gasteiger partial charge in [0.15, 0.2) is 6.10 Å². The number of carbonyl (C=O) groups excluding carboxylic acids is 2. The molecule has 1 unspecified atom stereocenters. The van der Waals surface area contributed by atoms with Crippen LogP contribution in [0.1, 0.15) is 73.2 Å². The predicted molar refractivity (Wildman–Crippen MR) is 127 cm³/mol. The van der Waals surface area contributed by atoms with Gasteiger partial charge in [0.05, 0.1) is 6.61 Å². The maximum Gasteiger partial charge on any atom is 0.253 e. The molecule has 35 heavy (non-hydrogen) atoms. The SMILES string of the molecule is NC(=O)c1cccc(C2C[C@H]3CC[C@@H](C2)N3CCN(CC2CCC(F)(F)CC2)C(=O)[C@H](O)CO)c1. The number of aliphatic hydroxyl groups is 2. The molecule has 194 valence electrons. The van der Waals surface area contributed by atoms with Crippen LogP contribution in [-0.4, -0.2) is 82.2 Å². The Morgan fingerprint density at radius 3 is 2.40 bits per heavy atom. The number of carbonyl (C=O) groups is 2. The van der Waals surface area contributed by atoms with Crippen LogP contribution in [0.5, 0.6) is 0 Å². The molecule has 2 amide bonds. The third-order valence-corrected chi connectivity index (χ3v) is 8.24. The van der Waals surface area contributed by atoms with Crippen molar-refractivity contribution in [3.05, 3.63) is 35.4 Å². The number of alkyl halides is 2. The maximum absolute atomic E-state index is 13.6. The number of benzene rings is 1. The Morgan fingerprint density at radius 2 is 1.80 bits per heavy atom. The Morgan fingerprint density at radius 1 is 1.14 bits per heavy atom. The lowest BCUT2D eigenvalue weighted by molar-refractivity contribution is -0.143. The Balaban J connectivity index is 1.38. The van der Waals surface area contributed by atoms with E-state index < -0.39 is 30.4 Å². The summed E-state index contributed by atoms with van der Waals surface area (Å²) in [5.41, 5.74) is 7.11. The molecule has 3 fully saturated rings. The van der Waals surface area contributed by atoms with E-state index in [2.05, 4.69) is 11.0 Å². The van der Waals surface area contributed by atoms with E-state index in [1.807, 2.05) is 12.1 Å². The fourth-order valence-electron chi connectivity index (χ4n) is 6.27. The molecule has 1 aliphatic carbocycles. The van der Waals surface area contributed by atoms with Crippen molar-refractivity contribution in [3.8, 4) is 0 Å². The van der Waals surface area contributed by atoms with E-state index in [-0.39, 0.29) is 18.8 Å². The Kier molecular flexibility index (Phi) is 8.08. The van der Waals surface area contributed by atoms with Gasteiger partial charge >= 0.3 is 0 Å². The van der Waals surface area contributed by atoms with Crippen molar-refractivity contribution in [1.29, 1.82) is 0 Å². The van der Waals surface area contributed by atoms with Crippen LogP contribution in [-0.2, 0) is 4.79 Å². The summed E-state index contributed by atoms with van der Waals surface area (Å²) in [7, 11) is 0. The van der Waals surface area contributed by atoms with E-state index in [0.717, 1.165) is 31.2 Å². The average molecular weight is 494 g/mol. The number of aliphatic hydroxyl groups excluding tert-OH is 2. The molecule has 0 radical (unpaired) electrons. The zero-order valence-electron chi connectivity index (χ0n) is 20.1. The van der Waals surface area contributed by atoms with Crippen LogP contribution in [0, 0.1) is 5.92 Å². The highest BCUT2D eigenvalue weighted by Gasteiger charge is 2.42. The third kappa shape index (κ3) is 6.19. The van der Waals surface area contributed by atoms with Crippen LogP contribution in [0.15, 0.2) is 24.3 Å². The van der Waals surface area contributed by atoms with Gasteiger partial charge in [-0.1, -0.05) is 12.1 Å². The highest BCUT2D eigenvalue weighted by atomic mass is 19.3. The summed E-state index contributed by atoms with van der Waals surface area (Å²) in [4.78, 5) is 28.4.